The van der Waals surface area contributed by atoms with Crippen LogP contribution in [0.5, 0.6) is 0 Å². The molecular formula is C28H29ClN4O5. The van der Waals surface area contributed by atoms with E-state index in [2.05, 4.69) is 21.3 Å². The number of hydrogen-bond donors (Lipinski definition) is 4. The molecule has 1 unspecified atom stereocenters. The molecule has 0 heterocycles. The zero-order valence-corrected chi connectivity index (χ0v) is 21.6. The molecule has 9 nitrogen and oxygen atoms in total. The minimum absolute atomic E-state index is 0.0894. The summed E-state index contributed by atoms with van der Waals surface area (Å²) in [6, 6.07) is 21.5. The maximum absolute atomic E-state index is 12.7. The van der Waals surface area contributed by atoms with Gasteiger partial charge in [0.1, 0.15) is 0 Å². The number of anilines is 1. The standard InChI is InChI=1S/C28H29ClN4O5/c1-2-38-26(35)16-24(20-10-6-12-22(29)14-20)33-25(34)18-30-27(36)21-11-7-13-23(15-21)32-28(37)31-17-19-8-4-3-5-9-19/h3-15,24H,2,16-18H2,1H3,(H,30,36)(H,33,34)(H2,31,32,37). The van der Waals surface area contributed by atoms with Crippen LogP contribution in [0.2, 0.25) is 5.02 Å². The molecule has 0 bridgehead atoms. The number of benzene rings is 3. The Morgan fingerprint density at radius 1 is 0.895 bits per heavy atom. The summed E-state index contributed by atoms with van der Waals surface area (Å²) in [6.07, 6.45) is -0.0894. The Balaban J connectivity index is 1.54. The number of carbonyl (C=O) groups excluding carboxylic acids is 4. The molecule has 0 saturated heterocycles. The molecule has 3 aromatic rings. The van der Waals surface area contributed by atoms with Gasteiger partial charge in [-0.05, 0) is 48.4 Å². The molecule has 0 aliphatic heterocycles. The van der Waals surface area contributed by atoms with Crippen LogP contribution in [0, 0.1) is 0 Å². The van der Waals surface area contributed by atoms with Crippen molar-refractivity contribution in [2.45, 2.75) is 25.9 Å². The van der Waals surface area contributed by atoms with E-state index in [-0.39, 0.29) is 25.1 Å². The third-order valence-electron chi connectivity index (χ3n) is 5.35. The second kappa shape index (κ2) is 14.4. The first-order valence-corrected chi connectivity index (χ1v) is 12.4. The van der Waals surface area contributed by atoms with Crippen LogP contribution in [0.3, 0.4) is 0 Å². The molecule has 1 atom stereocenters. The summed E-state index contributed by atoms with van der Waals surface area (Å²) in [5.74, 6) is -1.47. The highest BCUT2D eigenvalue weighted by Crippen LogP contribution is 2.21. The van der Waals surface area contributed by atoms with E-state index in [1.807, 2.05) is 30.3 Å². The van der Waals surface area contributed by atoms with Crippen molar-refractivity contribution < 1.29 is 23.9 Å². The molecule has 3 aromatic carbocycles. The van der Waals surface area contributed by atoms with Crippen LogP contribution in [0.4, 0.5) is 10.5 Å². The molecule has 0 aliphatic carbocycles. The fourth-order valence-corrected chi connectivity index (χ4v) is 3.76. The van der Waals surface area contributed by atoms with Crippen LogP contribution in [0.15, 0.2) is 78.9 Å². The van der Waals surface area contributed by atoms with Gasteiger partial charge in [0.05, 0.1) is 25.6 Å². The highest BCUT2D eigenvalue weighted by molar-refractivity contribution is 6.30. The van der Waals surface area contributed by atoms with E-state index < -0.39 is 29.9 Å². The summed E-state index contributed by atoms with van der Waals surface area (Å²) >= 11 is 6.07. The van der Waals surface area contributed by atoms with Gasteiger partial charge < -0.3 is 26.0 Å². The fourth-order valence-electron chi connectivity index (χ4n) is 3.56. The highest BCUT2D eigenvalue weighted by Gasteiger charge is 2.20. The number of amides is 4. The van der Waals surface area contributed by atoms with Crippen molar-refractivity contribution in [3.63, 3.8) is 0 Å². The van der Waals surface area contributed by atoms with Crippen molar-refractivity contribution in [3.05, 3.63) is 101 Å². The van der Waals surface area contributed by atoms with Crippen molar-refractivity contribution >= 4 is 41.1 Å². The number of ether oxygens (including phenoxy) is 1. The maximum Gasteiger partial charge on any atom is 0.319 e. The number of esters is 1. The second-order valence-electron chi connectivity index (χ2n) is 8.24. The van der Waals surface area contributed by atoms with E-state index in [4.69, 9.17) is 16.3 Å². The molecule has 0 aromatic heterocycles. The molecule has 4 amide bonds. The molecule has 4 N–H and O–H groups in total. The van der Waals surface area contributed by atoms with E-state index in [9.17, 15) is 19.2 Å². The average molecular weight is 537 g/mol. The third kappa shape index (κ3) is 9.25. The van der Waals surface area contributed by atoms with Gasteiger partial charge in [-0.15, -0.1) is 0 Å². The van der Waals surface area contributed by atoms with Crippen LogP contribution < -0.4 is 21.3 Å². The molecule has 0 radical (unpaired) electrons. The Morgan fingerprint density at radius 2 is 1.66 bits per heavy atom. The summed E-state index contributed by atoms with van der Waals surface area (Å²) in [4.78, 5) is 49.5. The molecular weight excluding hydrogens is 508 g/mol. The molecule has 0 spiro atoms. The topological polar surface area (TPSA) is 126 Å². The van der Waals surface area contributed by atoms with Gasteiger partial charge in [-0.3, -0.25) is 14.4 Å². The normalized spacial score (nSPS) is 11.1. The number of nitrogens with one attached hydrogen (secondary N) is 4. The lowest BCUT2D eigenvalue weighted by atomic mass is 10.0. The predicted molar refractivity (Wildman–Crippen MR) is 145 cm³/mol. The largest absolute Gasteiger partial charge is 0.466 e. The summed E-state index contributed by atoms with van der Waals surface area (Å²) in [6.45, 7) is 1.94. The van der Waals surface area contributed by atoms with Gasteiger partial charge in [0.25, 0.3) is 5.91 Å². The third-order valence-corrected chi connectivity index (χ3v) is 5.59. The van der Waals surface area contributed by atoms with Gasteiger partial charge in [-0.1, -0.05) is 60.1 Å². The van der Waals surface area contributed by atoms with Gasteiger partial charge in [0.15, 0.2) is 0 Å². The minimum atomic E-state index is -0.681. The smallest absolute Gasteiger partial charge is 0.319 e. The van der Waals surface area contributed by atoms with E-state index in [0.29, 0.717) is 22.8 Å². The average Bonchev–Trinajstić information content (AvgIpc) is 2.91. The molecule has 198 valence electrons. The maximum atomic E-state index is 12.7. The van der Waals surface area contributed by atoms with Crippen molar-refractivity contribution in [1.29, 1.82) is 0 Å². The van der Waals surface area contributed by atoms with Crippen LogP contribution in [-0.2, 0) is 20.9 Å². The van der Waals surface area contributed by atoms with Crippen molar-refractivity contribution in [3.8, 4) is 0 Å². The number of halogens is 1. The lowest BCUT2D eigenvalue weighted by molar-refractivity contribution is -0.143. The van der Waals surface area contributed by atoms with Gasteiger partial charge in [-0.2, -0.15) is 0 Å². The number of rotatable bonds is 11. The summed E-state index contributed by atoms with van der Waals surface area (Å²) in [5.41, 5.74) is 2.27. The zero-order chi connectivity index (χ0) is 27.3. The van der Waals surface area contributed by atoms with E-state index in [1.54, 1.807) is 49.4 Å². The van der Waals surface area contributed by atoms with Gasteiger partial charge in [-0.25, -0.2) is 4.79 Å². The van der Waals surface area contributed by atoms with Crippen LogP contribution in [-0.4, -0.2) is 37.0 Å². The molecule has 0 saturated carbocycles. The van der Waals surface area contributed by atoms with Crippen LogP contribution >= 0.6 is 11.6 Å². The van der Waals surface area contributed by atoms with Crippen molar-refractivity contribution in [2.24, 2.45) is 0 Å². The first kappa shape index (κ1) is 28.2. The van der Waals surface area contributed by atoms with Crippen LogP contribution in [0.25, 0.3) is 0 Å². The monoisotopic (exact) mass is 536 g/mol. The predicted octanol–water partition coefficient (Wildman–Crippen LogP) is 4.20. The first-order valence-electron chi connectivity index (χ1n) is 12.0. The quantitative estimate of drug-likeness (QED) is 0.273. The minimum Gasteiger partial charge on any atom is -0.466 e. The van der Waals surface area contributed by atoms with Crippen molar-refractivity contribution in [1.82, 2.24) is 16.0 Å². The summed E-state index contributed by atoms with van der Waals surface area (Å²) < 4.78 is 5.01. The Morgan fingerprint density at radius 3 is 2.39 bits per heavy atom. The van der Waals surface area contributed by atoms with E-state index >= 15 is 0 Å². The Bertz CT molecular complexity index is 1270. The number of hydrogen-bond acceptors (Lipinski definition) is 5. The van der Waals surface area contributed by atoms with Crippen molar-refractivity contribution in [2.75, 3.05) is 18.5 Å². The summed E-state index contributed by atoms with van der Waals surface area (Å²) in [5, 5.41) is 11.2. The van der Waals surface area contributed by atoms with E-state index in [0.717, 1.165) is 5.56 Å². The zero-order valence-electron chi connectivity index (χ0n) is 20.8. The van der Waals surface area contributed by atoms with Crippen LogP contribution in [0.1, 0.15) is 40.9 Å². The lowest BCUT2D eigenvalue weighted by Gasteiger charge is -2.19. The number of carbonyl (C=O) groups is 4. The Hall–Kier alpha value is -4.37. The van der Waals surface area contributed by atoms with Gasteiger partial charge >= 0.3 is 12.0 Å². The molecule has 38 heavy (non-hydrogen) atoms. The van der Waals surface area contributed by atoms with E-state index in [1.165, 1.54) is 6.07 Å². The Labute approximate surface area is 225 Å². The molecule has 10 heteroatoms. The number of urea groups is 1. The molecule has 0 aliphatic rings. The fraction of sp³-hybridized carbons (Fsp3) is 0.214. The SMILES string of the molecule is CCOC(=O)CC(NC(=O)CNC(=O)c1cccc(NC(=O)NCc2ccccc2)c1)c1cccc(Cl)c1. The second-order valence-corrected chi connectivity index (χ2v) is 8.68. The first-order chi connectivity index (χ1) is 18.3. The Kier molecular flexibility index (Phi) is 10.7. The van der Waals surface area contributed by atoms with Gasteiger partial charge in [0.2, 0.25) is 5.91 Å². The highest BCUT2D eigenvalue weighted by atomic mass is 35.5. The van der Waals surface area contributed by atoms with Gasteiger partial charge in [0, 0.05) is 22.8 Å². The molecule has 0 fully saturated rings. The molecule has 3 rings (SSSR count). The lowest BCUT2D eigenvalue weighted by Crippen LogP contribution is -2.39. The summed E-state index contributed by atoms with van der Waals surface area (Å²) in [7, 11) is 0.